The van der Waals surface area contributed by atoms with Crippen LogP contribution in [0, 0.1) is 0 Å². The molecule has 6 heteroatoms. The molecule has 0 saturated carbocycles. The van der Waals surface area contributed by atoms with Crippen LogP contribution in [0.25, 0.3) is 0 Å². The van der Waals surface area contributed by atoms with Crippen molar-refractivity contribution < 1.29 is 13.6 Å². The molecule has 0 aromatic heterocycles. The molecule has 0 radical (unpaired) electrons. The second kappa shape index (κ2) is 5.39. The minimum Gasteiger partial charge on any atom is -0.349 e. The predicted molar refractivity (Wildman–Crippen MR) is 48.1 cm³/mol. The Labute approximate surface area is 79.6 Å². The smallest absolute Gasteiger partial charge is 0.255 e. The van der Waals surface area contributed by atoms with Crippen molar-refractivity contribution in [1.29, 1.82) is 0 Å². The van der Waals surface area contributed by atoms with Gasteiger partial charge in [-0.1, -0.05) is 0 Å². The second-order valence-electron chi connectivity index (χ2n) is 2.72. The van der Waals surface area contributed by atoms with Crippen molar-refractivity contribution in [3.8, 4) is 0 Å². The highest BCUT2D eigenvalue weighted by Crippen LogP contribution is 2.07. The quantitative estimate of drug-likeness (QED) is 0.692. The highest BCUT2D eigenvalue weighted by Gasteiger charge is 2.20. The monoisotopic (exact) mass is 210 g/mol. The minimum absolute atomic E-state index is 0.308. The summed E-state index contributed by atoms with van der Waals surface area (Å²) >= 11 is 1.65. The van der Waals surface area contributed by atoms with E-state index in [0.29, 0.717) is 5.75 Å². The van der Waals surface area contributed by atoms with Crippen LogP contribution in [0.2, 0.25) is 0 Å². The molecule has 1 saturated heterocycles. The molecular formula is C7H12F2N2OS. The van der Waals surface area contributed by atoms with E-state index >= 15 is 0 Å². The summed E-state index contributed by atoms with van der Waals surface area (Å²) in [5, 5.41) is 5.15. The summed E-state index contributed by atoms with van der Waals surface area (Å²) in [5.41, 5.74) is 0. The van der Waals surface area contributed by atoms with E-state index in [-0.39, 0.29) is 11.9 Å². The summed E-state index contributed by atoms with van der Waals surface area (Å²) < 4.78 is 23.4. The number of carbonyl (C=O) groups excluding carboxylic acids is 1. The van der Waals surface area contributed by atoms with Gasteiger partial charge in [0.25, 0.3) is 6.43 Å². The summed E-state index contributed by atoms with van der Waals surface area (Å²) in [6.45, 7) is 0.207. The molecule has 76 valence electrons. The number of carbonyl (C=O) groups is 1. The Morgan fingerprint density at radius 1 is 1.69 bits per heavy atom. The first-order chi connectivity index (χ1) is 6.20. The average molecular weight is 210 g/mol. The summed E-state index contributed by atoms with van der Waals surface area (Å²) in [6.07, 6.45) is -2.47. The number of hydrogen-bond donors (Lipinski definition) is 2. The number of alkyl halides is 2. The molecule has 1 atom stereocenters. The standard InChI is InChI=1S/C7H12F2N2OS/c8-6(9)3-11-7(12)5-4-13-2-1-10-5/h5-6,10H,1-4H2,(H,11,12). The molecule has 1 rings (SSSR count). The van der Waals surface area contributed by atoms with Crippen LogP contribution in [0.5, 0.6) is 0 Å². The van der Waals surface area contributed by atoms with E-state index < -0.39 is 13.0 Å². The number of amides is 1. The van der Waals surface area contributed by atoms with Gasteiger partial charge in [-0.25, -0.2) is 8.78 Å². The van der Waals surface area contributed by atoms with Crippen molar-refractivity contribution in [3.63, 3.8) is 0 Å². The van der Waals surface area contributed by atoms with Gasteiger partial charge in [0, 0.05) is 18.1 Å². The molecule has 1 amide bonds. The predicted octanol–water partition coefficient (Wildman–Crippen LogP) is 0.0727. The van der Waals surface area contributed by atoms with Crippen molar-refractivity contribution in [2.75, 3.05) is 24.6 Å². The van der Waals surface area contributed by atoms with Crippen molar-refractivity contribution in [3.05, 3.63) is 0 Å². The zero-order valence-electron chi connectivity index (χ0n) is 7.06. The van der Waals surface area contributed by atoms with Crippen molar-refractivity contribution in [2.45, 2.75) is 12.5 Å². The van der Waals surface area contributed by atoms with Crippen molar-refractivity contribution in [1.82, 2.24) is 10.6 Å². The van der Waals surface area contributed by atoms with Crippen LogP contribution in [0.3, 0.4) is 0 Å². The van der Waals surface area contributed by atoms with E-state index in [1.54, 1.807) is 11.8 Å². The van der Waals surface area contributed by atoms with Crippen LogP contribution in [-0.2, 0) is 4.79 Å². The van der Waals surface area contributed by atoms with Gasteiger partial charge in [-0.3, -0.25) is 4.79 Å². The van der Waals surface area contributed by atoms with Gasteiger partial charge in [-0.15, -0.1) is 0 Å². The molecular weight excluding hydrogens is 198 g/mol. The molecule has 0 bridgehead atoms. The van der Waals surface area contributed by atoms with E-state index in [4.69, 9.17) is 0 Å². The van der Waals surface area contributed by atoms with Crippen LogP contribution in [0.1, 0.15) is 0 Å². The number of thioether (sulfide) groups is 1. The number of nitrogens with one attached hydrogen (secondary N) is 2. The Hall–Kier alpha value is -0.360. The molecule has 1 fully saturated rings. The first kappa shape index (κ1) is 10.7. The van der Waals surface area contributed by atoms with Crippen LogP contribution in [0.15, 0.2) is 0 Å². The van der Waals surface area contributed by atoms with Crippen molar-refractivity contribution in [2.24, 2.45) is 0 Å². The fraction of sp³-hybridized carbons (Fsp3) is 0.857. The Morgan fingerprint density at radius 3 is 3.00 bits per heavy atom. The molecule has 0 aromatic rings. The SMILES string of the molecule is O=C(NCC(F)F)C1CSCCN1. The van der Waals surface area contributed by atoms with Crippen LogP contribution in [0.4, 0.5) is 8.78 Å². The van der Waals surface area contributed by atoms with E-state index in [1.165, 1.54) is 0 Å². The number of hydrogen-bond acceptors (Lipinski definition) is 3. The molecule has 1 heterocycles. The molecule has 0 spiro atoms. The Bertz CT molecular complexity index is 174. The summed E-state index contributed by atoms with van der Waals surface area (Å²) in [6, 6.07) is -0.308. The van der Waals surface area contributed by atoms with Gasteiger partial charge in [0.2, 0.25) is 5.91 Å². The molecule has 0 aliphatic carbocycles. The molecule has 1 aliphatic heterocycles. The lowest BCUT2D eigenvalue weighted by atomic mass is 10.3. The van der Waals surface area contributed by atoms with Crippen LogP contribution < -0.4 is 10.6 Å². The second-order valence-corrected chi connectivity index (χ2v) is 3.87. The van der Waals surface area contributed by atoms with Gasteiger partial charge < -0.3 is 10.6 Å². The van der Waals surface area contributed by atoms with Gasteiger partial charge >= 0.3 is 0 Å². The molecule has 1 aliphatic rings. The normalized spacial score (nSPS) is 23.2. The maximum absolute atomic E-state index is 11.7. The largest absolute Gasteiger partial charge is 0.349 e. The Balaban J connectivity index is 2.21. The summed E-state index contributed by atoms with van der Waals surface area (Å²) in [5.74, 6) is 1.31. The third kappa shape index (κ3) is 3.91. The summed E-state index contributed by atoms with van der Waals surface area (Å²) in [4.78, 5) is 11.2. The maximum Gasteiger partial charge on any atom is 0.255 e. The average Bonchev–Trinajstić information content (AvgIpc) is 2.15. The van der Waals surface area contributed by atoms with E-state index in [9.17, 15) is 13.6 Å². The maximum atomic E-state index is 11.7. The van der Waals surface area contributed by atoms with Gasteiger partial charge in [0.05, 0.1) is 12.6 Å². The van der Waals surface area contributed by atoms with Crippen molar-refractivity contribution >= 4 is 17.7 Å². The van der Waals surface area contributed by atoms with E-state index in [2.05, 4.69) is 10.6 Å². The van der Waals surface area contributed by atoms with Crippen LogP contribution >= 0.6 is 11.8 Å². The van der Waals surface area contributed by atoms with Crippen LogP contribution in [-0.4, -0.2) is 43.0 Å². The molecule has 2 N–H and O–H groups in total. The third-order valence-electron chi connectivity index (χ3n) is 1.67. The summed E-state index contributed by atoms with van der Waals surface area (Å²) in [7, 11) is 0. The first-order valence-electron chi connectivity index (χ1n) is 4.07. The molecule has 0 aromatic carbocycles. The zero-order chi connectivity index (χ0) is 9.68. The number of rotatable bonds is 3. The fourth-order valence-electron chi connectivity index (χ4n) is 1.03. The van der Waals surface area contributed by atoms with Gasteiger partial charge in [0.1, 0.15) is 0 Å². The Kier molecular flexibility index (Phi) is 4.44. The molecule has 13 heavy (non-hydrogen) atoms. The van der Waals surface area contributed by atoms with E-state index in [1.807, 2.05) is 0 Å². The topological polar surface area (TPSA) is 41.1 Å². The lowest BCUT2D eigenvalue weighted by molar-refractivity contribution is -0.123. The van der Waals surface area contributed by atoms with Gasteiger partial charge in [-0.2, -0.15) is 11.8 Å². The number of halogens is 2. The minimum atomic E-state index is -2.47. The van der Waals surface area contributed by atoms with Gasteiger partial charge in [-0.05, 0) is 0 Å². The highest BCUT2D eigenvalue weighted by molar-refractivity contribution is 7.99. The van der Waals surface area contributed by atoms with E-state index in [0.717, 1.165) is 12.3 Å². The lowest BCUT2D eigenvalue weighted by Gasteiger charge is -2.22. The zero-order valence-corrected chi connectivity index (χ0v) is 7.87. The Morgan fingerprint density at radius 2 is 2.46 bits per heavy atom. The van der Waals surface area contributed by atoms with Gasteiger partial charge in [0.15, 0.2) is 0 Å². The molecule has 1 unspecified atom stereocenters. The first-order valence-corrected chi connectivity index (χ1v) is 5.22. The fourth-order valence-corrected chi connectivity index (χ4v) is 1.97. The lowest BCUT2D eigenvalue weighted by Crippen LogP contribution is -2.49. The highest BCUT2D eigenvalue weighted by atomic mass is 32.2. The third-order valence-corrected chi connectivity index (χ3v) is 2.73. The molecule has 3 nitrogen and oxygen atoms in total.